The third-order valence-electron chi connectivity index (χ3n) is 3.36. The number of piperidine rings is 1. The van der Waals surface area contributed by atoms with Crippen molar-refractivity contribution in [3.63, 3.8) is 0 Å². The summed E-state index contributed by atoms with van der Waals surface area (Å²) in [4.78, 5) is 17.9. The fourth-order valence-electron chi connectivity index (χ4n) is 2.46. The Balaban J connectivity index is 1.97. The molecule has 19 heavy (non-hydrogen) atoms. The topological polar surface area (TPSA) is 45.2 Å². The number of rotatable bonds is 4. The molecule has 1 aliphatic heterocycles. The molecule has 2 heterocycles. The number of hydrogen-bond acceptors (Lipinski definition) is 3. The second-order valence-electron chi connectivity index (χ2n) is 4.93. The van der Waals surface area contributed by atoms with Gasteiger partial charge in [0.15, 0.2) is 0 Å². The van der Waals surface area contributed by atoms with Crippen LogP contribution < -0.4 is 10.2 Å². The maximum atomic E-state index is 11.7. The average Bonchev–Trinajstić information content (AvgIpc) is 2.40. The highest BCUT2D eigenvalue weighted by molar-refractivity contribution is 6.33. The molecule has 5 heteroatoms. The van der Waals surface area contributed by atoms with Crippen LogP contribution in [0.25, 0.3) is 0 Å². The van der Waals surface area contributed by atoms with Gasteiger partial charge >= 0.3 is 0 Å². The lowest BCUT2D eigenvalue weighted by Gasteiger charge is -2.35. The fraction of sp³-hybridized carbons (Fsp3) is 0.571. The summed E-state index contributed by atoms with van der Waals surface area (Å²) < 4.78 is 0. The van der Waals surface area contributed by atoms with Gasteiger partial charge in [0.2, 0.25) is 5.91 Å². The molecule has 1 aromatic heterocycles. The zero-order valence-electron chi connectivity index (χ0n) is 11.2. The molecule has 4 nitrogen and oxygen atoms in total. The number of carbonyl (C=O) groups excluding carboxylic acids is 1. The van der Waals surface area contributed by atoms with Gasteiger partial charge < -0.3 is 10.2 Å². The molecule has 1 atom stereocenters. The van der Waals surface area contributed by atoms with E-state index >= 15 is 0 Å². The van der Waals surface area contributed by atoms with Crippen LogP contribution in [0.3, 0.4) is 0 Å². The second kappa shape index (κ2) is 6.75. The van der Waals surface area contributed by atoms with Crippen molar-refractivity contribution < 1.29 is 4.79 Å². The highest BCUT2D eigenvalue weighted by atomic mass is 35.5. The van der Waals surface area contributed by atoms with Crippen LogP contribution in [-0.4, -0.2) is 30.0 Å². The van der Waals surface area contributed by atoms with E-state index in [1.807, 2.05) is 13.0 Å². The summed E-state index contributed by atoms with van der Waals surface area (Å²) in [5.41, 5.74) is 1.01. The molecule has 0 radical (unpaired) electrons. The number of pyridine rings is 1. The molecule has 104 valence electrons. The van der Waals surface area contributed by atoms with Gasteiger partial charge in [0.05, 0.1) is 10.7 Å². The van der Waals surface area contributed by atoms with Crippen molar-refractivity contribution in [1.29, 1.82) is 0 Å². The monoisotopic (exact) mass is 281 g/mol. The SMILES string of the molecule is CCCC(=O)NC1CCCN(c2ccncc2Cl)C1. The largest absolute Gasteiger partial charge is 0.368 e. The molecule has 0 spiro atoms. The smallest absolute Gasteiger partial charge is 0.220 e. The van der Waals surface area contributed by atoms with Gasteiger partial charge in [0.1, 0.15) is 0 Å². The van der Waals surface area contributed by atoms with Gasteiger partial charge in [-0.3, -0.25) is 9.78 Å². The lowest BCUT2D eigenvalue weighted by atomic mass is 10.0. The van der Waals surface area contributed by atoms with Crippen LogP contribution >= 0.6 is 11.6 Å². The Kier molecular flexibility index (Phi) is 5.02. The predicted molar refractivity (Wildman–Crippen MR) is 77.5 cm³/mol. The molecule has 1 amide bonds. The van der Waals surface area contributed by atoms with Gasteiger partial charge in [-0.15, -0.1) is 0 Å². The number of aromatic nitrogens is 1. The first-order chi connectivity index (χ1) is 9.20. The third kappa shape index (κ3) is 3.83. The Bertz CT molecular complexity index is 438. The zero-order chi connectivity index (χ0) is 13.7. The summed E-state index contributed by atoms with van der Waals surface area (Å²) in [5, 5.41) is 3.77. The summed E-state index contributed by atoms with van der Waals surface area (Å²) in [6.45, 7) is 3.81. The van der Waals surface area contributed by atoms with E-state index in [1.54, 1.807) is 12.4 Å². The molecule has 2 rings (SSSR count). The van der Waals surface area contributed by atoms with E-state index in [-0.39, 0.29) is 11.9 Å². The lowest BCUT2D eigenvalue weighted by molar-refractivity contribution is -0.121. The van der Waals surface area contributed by atoms with Crippen molar-refractivity contribution in [3.05, 3.63) is 23.5 Å². The molecule has 1 aliphatic rings. The van der Waals surface area contributed by atoms with E-state index in [9.17, 15) is 4.79 Å². The highest BCUT2D eigenvalue weighted by Gasteiger charge is 2.22. The minimum Gasteiger partial charge on any atom is -0.368 e. The molecular formula is C14H20ClN3O. The van der Waals surface area contributed by atoms with Gasteiger partial charge in [0.25, 0.3) is 0 Å². The summed E-state index contributed by atoms with van der Waals surface area (Å²) in [6.07, 6.45) is 7.01. The van der Waals surface area contributed by atoms with Crippen molar-refractivity contribution >= 4 is 23.2 Å². The Morgan fingerprint density at radius 1 is 1.63 bits per heavy atom. The van der Waals surface area contributed by atoms with Crippen molar-refractivity contribution in [1.82, 2.24) is 10.3 Å². The Morgan fingerprint density at radius 2 is 2.47 bits per heavy atom. The number of halogens is 1. The standard InChI is InChI=1S/C14H20ClN3O/c1-2-4-14(19)17-11-5-3-8-18(10-11)13-6-7-16-9-12(13)15/h6-7,9,11H,2-5,8,10H2,1H3,(H,17,19). The lowest BCUT2D eigenvalue weighted by Crippen LogP contribution is -2.47. The highest BCUT2D eigenvalue weighted by Crippen LogP contribution is 2.26. The molecule has 0 aliphatic carbocycles. The Hall–Kier alpha value is -1.29. The van der Waals surface area contributed by atoms with Crippen LogP contribution in [0.15, 0.2) is 18.5 Å². The van der Waals surface area contributed by atoms with E-state index in [1.165, 1.54) is 0 Å². The molecule has 1 aromatic rings. The maximum Gasteiger partial charge on any atom is 0.220 e. The van der Waals surface area contributed by atoms with Crippen LogP contribution in [0, 0.1) is 0 Å². The number of nitrogens with zero attached hydrogens (tertiary/aromatic N) is 2. The Morgan fingerprint density at radius 3 is 3.21 bits per heavy atom. The average molecular weight is 282 g/mol. The number of hydrogen-bond donors (Lipinski definition) is 1. The van der Waals surface area contributed by atoms with Gasteiger partial charge in [-0.05, 0) is 25.3 Å². The van der Waals surface area contributed by atoms with E-state index in [0.717, 1.165) is 38.0 Å². The molecule has 1 N–H and O–H groups in total. The minimum atomic E-state index is 0.148. The Labute approximate surface area is 119 Å². The normalized spacial score (nSPS) is 19.3. The maximum absolute atomic E-state index is 11.7. The molecule has 1 fully saturated rings. The van der Waals surface area contributed by atoms with Gasteiger partial charge in [-0.1, -0.05) is 18.5 Å². The molecule has 1 saturated heterocycles. The van der Waals surface area contributed by atoms with E-state index in [4.69, 9.17) is 11.6 Å². The van der Waals surface area contributed by atoms with Crippen molar-refractivity contribution in [2.24, 2.45) is 0 Å². The van der Waals surface area contributed by atoms with Crippen molar-refractivity contribution in [3.8, 4) is 0 Å². The van der Waals surface area contributed by atoms with E-state index in [2.05, 4.69) is 15.2 Å². The zero-order valence-corrected chi connectivity index (χ0v) is 12.0. The van der Waals surface area contributed by atoms with Crippen LogP contribution in [-0.2, 0) is 4.79 Å². The molecule has 1 unspecified atom stereocenters. The van der Waals surface area contributed by atoms with Gasteiger partial charge in [0, 0.05) is 37.9 Å². The van der Waals surface area contributed by atoms with Crippen LogP contribution in [0.2, 0.25) is 5.02 Å². The first kappa shape index (κ1) is 14.1. The van der Waals surface area contributed by atoms with Crippen molar-refractivity contribution in [2.75, 3.05) is 18.0 Å². The second-order valence-corrected chi connectivity index (χ2v) is 5.34. The third-order valence-corrected chi connectivity index (χ3v) is 3.65. The van der Waals surface area contributed by atoms with Gasteiger partial charge in [-0.2, -0.15) is 0 Å². The van der Waals surface area contributed by atoms with E-state index in [0.29, 0.717) is 11.4 Å². The number of anilines is 1. The minimum absolute atomic E-state index is 0.148. The van der Waals surface area contributed by atoms with Crippen LogP contribution in [0.1, 0.15) is 32.6 Å². The predicted octanol–water partition coefficient (Wildman–Crippen LogP) is 2.62. The number of carbonyl (C=O) groups is 1. The molecule has 0 aromatic carbocycles. The molecular weight excluding hydrogens is 262 g/mol. The quantitative estimate of drug-likeness (QED) is 0.923. The summed E-state index contributed by atoms with van der Waals surface area (Å²) in [6, 6.07) is 2.15. The molecule has 0 saturated carbocycles. The summed E-state index contributed by atoms with van der Waals surface area (Å²) in [7, 11) is 0. The first-order valence-corrected chi connectivity index (χ1v) is 7.22. The van der Waals surface area contributed by atoms with E-state index < -0.39 is 0 Å². The van der Waals surface area contributed by atoms with Crippen molar-refractivity contribution in [2.45, 2.75) is 38.6 Å². The summed E-state index contributed by atoms with van der Waals surface area (Å²) >= 11 is 6.17. The van der Waals surface area contributed by atoms with Crippen LogP contribution in [0.4, 0.5) is 5.69 Å². The molecule has 0 bridgehead atoms. The summed E-state index contributed by atoms with van der Waals surface area (Å²) in [5.74, 6) is 0.148. The fourth-order valence-corrected chi connectivity index (χ4v) is 2.70. The number of amides is 1. The first-order valence-electron chi connectivity index (χ1n) is 6.84. The van der Waals surface area contributed by atoms with Gasteiger partial charge in [-0.25, -0.2) is 0 Å². The number of nitrogens with one attached hydrogen (secondary N) is 1. The van der Waals surface area contributed by atoms with Crippen LogP contribution in [0.5, 0.6) is 0 Å².